The number of hydrogen-bond donors (Lipinski definition) is 0. The first kappa shape index (κ1) is 7.99. The fraction of sp³-hybridized carbons (Fsp3) is 1.00. The minimum atomic E-state index is -0.580. The topological polar surface area (TPSA) is 3.24 Å². The molecular formula is C8H16FN. The van der Waals surface area contributed by atoms with E-state index in [-0.39, 0.29) is 0 Å². The molecule has 1 saturated heterocycles. The largest absolute Gasteiger partial charge is 0.303 e. The molecule has 0 spiro atoms. The summed E-state index contributed by atoms with van der Waals surface area (Å²) < 4.78 is 13.1. The molecule has 1 aliphatic rings. The summed E-state index contributed by atoms with van der Waals surface area (Å²) >= 11 is 0. The Morgan fingerprint density at radius 2 is 2.30 bits per heavy atom. The molecule has 0 unspecified atom stereocenters. The predicted octanol–water partition coefficient (Wildman–Crippen LogP) is 1.69. The Morgan fingerprint density at radius 3 is 2.80 bits per heavy atom. The van der Waals surface area contributed by atoms with Crippen LogP contribution in [0.3, 0.4) is 0 Å². The Bertz CT molecular complexity index is 105. The molecule has 0 aliphatic carbocycles. The smallest absolute Gasteiger partial charge is 0.116 e. The SMILES string of the molecule is CC[C@@H]1CCN(C)C[C@H]1F. The van der Waals surface area contributed by atoms with Crippen LogP contribution in [0.25, 0.3) is 0 Å². The molecule has 0 aromatic carbocycles. The molecule has 0 bridgehead atoms. The highest BCUT2D eigenvalue weighted by Gasteiger charge is 2.25. The van der Waals surface area contributed by atoms with Crippen molar-refractivity contribution in [3.63, 3.8) is 0 Å². The first-order valence-electron chi connectivity index (χ1n) is 4.06. The quantitative estimate of drug-likeness (QED) is 0.542. The molecule has 0 N–H and O–H groups in total. The molecule has 0 aromatic heterocycles. The highest BCUT2D eigenvalue weighted by atomic mass is 19.1. The standard InChI is InChI=1S/C8H16FN/c1-3-7-4-5-10(2)6-8(7)9/h7-8H,3-6H2,1-2H3/t7-,8-/m1/s1. The van der Waals surface area contributed by atoms with Gasteiger partial charge in [-0.25, -0.2) is 4.39 Å². The lowest BCUT2D eigenvalue weighted by molar-refractivity contribution is 0.100. The highest BCUT2D eigenvalue weighted by molar-refractivity contribution is 4.77. The number of halogens is 1. The molecule has 1 rings (SSSR count). The van der Waals surface area contributed by atoms with Crippen molar-refractivity contribution in [1.29, 1.82) is 0 Å². The molecule has 2 atom stereocenters. The molecule has 10 heavy (non-hydrogen) atoms. The van der Waals surface area contributed by atoms with E-state index >= 15 is 0 Å². The van der Waals surface area contributed by atoms with Gasteiger partial charge in [0.1, 0.15) is 6.17 Å². The van der Waals surface area contributed by atoms with Crippen molar-refractivity contribution in [3.8, 4) is 0 Å². The minimum Gasteiger partial charge on any atom is -0.303 e. The third-order valence-electron chi connectivity index (χ3n) is 2.40. The predicted molar refractivity (Wildman–Crippen MR) is 40.8 cm³/mol. The van der Waals surface area contributed by atoms with Crippen molar-refractivity contribution < 1.29 is 4.39 Å². The first-order valence-corrected chi connectivity index (χ1v) is 4.06. The number of rotatable bonds is 1. The Hall–Kier alpha value is -0.110. The van der Waals surface area contributed by atoms with E-state index in [9.17, 15) is 4.39 Å². The van der Waals surface area contributed by atoms with Gasteiger partial charge in [-0.05, 0) is 25.9 Å². The summed E-state index contributed by atoms with van der Waals surface area (Å²) in [5.74, 6) is 0.330. The maximum Gasteiger partial charge on any atom is 0.116 e. The lowest BCUT2D eigenvalue weighted by atomic mass is 9.93. The van der Waals surface area contributed by atoms with Crippen LogP contribution in [0.4, 0.5) is 4.39 Å². The van der Waals surface area contributed by atoms with Gasteiger partial charge in [0.2, 0.25) is 0 Å². The Labute approximate surface area is 62.2 Å². The zero-order chi connectivity index (χ0) is 7.56. The van der Waals surface area contributed by atoms with E-state index in [0.29, 0.717) is 12.5 Å². The van der Waals surface area contributed by atoms with Crippen molar-refractivity contribution in [3.05, 3.63) is 0 Å². The van der Waals surface area contributed by atoms with Gasteiger partial charge in [0, 0.05) is 6.54 Å². The van der Waals surface area contributed by atoms with Crippen LogP contribution in [0, 0.1) is 5.92 Å². The average molecular weight is 145 g/mol. The Morgan fingerprint density at radius 1 is 1.60 bits per heavy atom. The van der Waals surface area contributed by atoms with Gasteiger partial charge >= 0.3 is 0 Å². The number of hydrogen-bond acceptors (Lipinski definition) is 1. The van der Waals surface area contributed by atoms with Crippen molar-refractivity contribution in [2.75, 3.05) is 20.1 Å². The van der Waals surface area contributed by atoms with Crippen LogP contribution >= 0.6 is 0 Å². The second-order valence-electron chi connectivity index (χ2n) is 3.24. The van der Waals surface area contributed by atoms with E-state index < -0.39 is 6.17 Å². The van der Waals surface area contributed by atoms with Crippen molar-refractivity contribution in [2.24, 2.45) is 5.92 Å². The van der Waals surface area contributed by atoms with Crippen molar-refractivity contribution in [1.82, 2.24) is 4.90 Å². The first-order chi connectivity index (χ1) is 4.74. The molecule has 0 radical (unpaired) electrons. The van der Waals surface area contributed by atoms with E-state index in [0.717, 1.165) is 19.4 Å². The van der Waals surface area contributed by atoms with Crippen LogP contribution < -0.4 is 0 Å². The third-order valence-corrected chi connectivity index (χ3v) is 2.40. The van der Waals surface area contributed by atoms with Crippen molar-refractivity contribution >= 4 is 0 Å². The number of likely N-dealkylation sites (tertiary alicyclic amines) is 1. The van der Waals surface area contributed by atoms with Crippen molar-refractivity contribution in [2.45, 2.75) is 25.9 Å². The van der Waals surface area contributed by atoms with Crippen LogP contribution in [0.5, 0.6) is 0 Å². The maximum atomic E-state index is 13.1. The second kappa shape index (κ2) is 3.33. The van der Waals surface area contributed by atoms with Gasteiger partial charge in [0.05, 0.1) is 0 Å². The molecule has 1 nitrogen and oxygen atoms in total. The molecule has 60 valence electrons. The Kier molecular flexibility index (Phi) is 2.66. The third kappa shape index (κ3) is 1.69. The summed E-state index contributed by atoms with van der Waals surface area (Å²) in [6, 6.07) is 0. The Balaban J connectivity index is 2.36. The molecule has 0 saturated carbocycles. The molecule has 1 fully saturated rings. The summed E-state index contributed by atoms with van der Waals surface area (Å²) in [6.07, 6.45) is 1.45. The van der Waals surface area contributed by atoms with E-state index in [1.807, 2.05) is 7.05 Å². The van der Waals surface area contributed by atoms with Crippen LogP contribution in [-0.4, -0.2) is 31.2 Å². The fourth-order valence-electron chi connectivity index (χ4n) is 1.57. The molecular weight excluding hydrogens is 129 g/mol. The molecule has 1 aliphatic heterocycles. The normalized spacial score (nSPS) is 36.3. The number of piperidine rings is 1. The van der Waals surface area contributed by atoms with Crippen LogP contribution in [0.2, 0.25) is 0 Å². The molecule has 0 aromatic rings. The summed E-state index contributed by atoms with van der Waals surface area (Å²) in [7, 11) is 1.98. The van der Waals surface area contributed by atoms with Gasteiger partial charge in [-0.15, -0.1) is 0 Å². The monoisotopic (exact) mass is 145 g/mol. The summed E-state index contributed by atoms with van der Waals surface area (Å²) in [5.41, 5.74) is 0. The lowest BCUT2D eigenvalue weighted by Crippen LogP contribution is -2.39. The summed E-state index contributed by atoms with van der Waals surface area (Å²) in [4.78, 5) is 2.07. The highest BCUT2D eigenvalue weighted by Crippen LogP contribution is 2.21. The van der Waals surface area contributed by atoms with E-state index in [1.165, 1.54) is 0 Å². The van der Waals surface area contributed by atoms with Crippen LogP contribution in [0.1, 0.15) is 19.8 Å². The van der Waals surface area contributed by atoms with Gasteiger partial charge in [0.25, 0.3) is 0 Å². The molecule has 0 amide bonds. The fourth-order valence-corrected chi connectivity index (χ4v) is 1.57. The zero-order valence-electron chi connectivity index (χ0n) is 6.81. The van der Waals surface area contributed by atoms with Crippen LogP contribution in [0.15, 0.2) is 0 Å². The molecule has 1 heterocycles. The zero-order valence-corrected chi connectivity index (χ0v) is 6.81. The van der Waals surface area contributed by atoms with Gasteiger partial charge in [-0.3, -0.25) is 0 Å². The molecule has 2 heteroatoms. The lowest BCUT2D eigenvalue weighted by Gasteiger charge is -2.31. The number of alkyl halides is 1. The van der Waals surface area contributed by atoms with E-state index in [1.54, 1.807) is 0 Å². The second-order valence-corrected chi connectivity index (χ2v) is 3.24. The van der Waals surface area contributed by atoms with Gasteiger partial charge < -0.3 is 4.90 Å². The van der Waals surface area contributed by atoms with Gasteiger partial charge in [0.15, 0.2) is 0 Å². The number of nitrogens with zero attached hydrogens (tertiary/aromatic N) is 1. The van der Waals surface area contributed by atoms with E-state index in [2.05, 4.69) is 11.8 Å². The average Bonchev–Trinajstić information content (AvgIpc) is 1.88. The van der Waals surface area contributed by atoms with Gasteiger partial charge in [-0.1, -0.05) is 13.3 Å². The van der Waals surface area contributed by atoms with Gasteiger partial charge in [-0.2, -0.15) is 0 Å². The minimum absolute atomic E-state index is 0.330. The van der Waals surface area contributed by atoms with Crippen LogP contribution in [-0.2, 0) is 0 Å². The van der Waals surface area contributed by atoms with E-state index in [4.69, 9.17) is 0 Å². The maximum absolute atomic E-state index is 13.1. The summed E-state index contributed by atoms with van der Waals surface area (Å²) in [6.45, 7) is 3.78. The summed E-state index contributed by atoms with van der Waals surface area (Å²) in [5, 5.41) is 0.